The number of carbonyl (C=O) groups is 1. The molecule has 1 fully saturated rings. The molecular formula is C20H25N3O3. The molecule has 1 N–H and O–H groups in total. The number of nitrogens with one attached hydrogen (secondary N) is 1. The van der Waals surface area contributed by atoms with E-state index in [0.717, 1.165) is 31.9 Å². The molecule has 1 aliphatic rings. The van der Waals surface area contributed by atoms with Gasteiger partial charge in [-0.3, -0.25) is 4.79 Å². The number of ether oxygens (including phenoxy) is 2. The first-order valence-electron chi connectivity index (χ1n) is 8.75. The van der Waals surface area contributed by atoms with Gasteiger partial charge in [-0.1, -0.05) is 18.2 Å². The zero-order valence-corrected chi connectivity index (χ0v) is 15.3. The number of rotatable bonds is 6. The highest BCUT2D eigenvalue weighted by Gasteiger charge is 2.16. The minimum atomic E-state index is -0.220. The number of hydrogen-bond donors (Lipinski definition) is 1. The van der Waals surface area contributed by atoms with Crippen LogP contribution in [0.4, 0.5) is 11.4 Å². The van der Waals surface area contributed by atoms with E-state index in [9.17, 15) is 4.79 Å². The summed E-state index contributed by atoms with van der Waals surface area (Å²) in [4.78, 5) is 16.9. The average molecular weight is 355 g/mol. The monoisotopic (exact) mass is 355 g/mol. The lowest BCUT2D eigenvalue weighted by Gasteiger charge is -2.34. The van der Waals surface area contributed by atoms with Crippen molar-refractivity contribution in [3.8, 4) is 11.5 Å². The van der Waals surface area contributed by atoms with Gasteiger partial charge in [0.2, 0.25) is 0 Å². The summed E-state index contributed by atoms with van der Waals surface area (Å²) in [7, 11) is 3.73. The van der Waals surface area contributed by atoms with Crippen molar-refractivity contribution in [3.05, 3.63) is 48.5 Å². The van der Waals surface area contributed by atoms with Crippen LogP contribution in [0.3, 0.4) is 0 Å². The van der Waals surface area contributed by atoms with Crippen molar-refractivity contribution in [1.82, 2.24) is 4.90 Å². The van der Waals surface area contributed by atoms with E-state index in [1.54, 1.807) is 7.11 Å². The van der Waals surface area contributed by atoms with Gasteiger partial charge in [-0.2, -0.15) is 0 Å². The highest BCUT2D eigenvalue weighted by Crippen LogP contribution is 2.30. The molecule has 138 valence electrons. The number of nitrogens with zero attached hydrogens (tertiary/aromatic N) is 2. The maximum absolute atomic E-state index is 12.3. The Bertz CT molecular complexity index is 728. The van der Waals surface area contributed by atoms with Gasteiger partial charge >= 0.3 is 0 Å². The van der Waals surface area contributed by atoms with Gasteiger partial charge in [0, 0.05) is 31.9 Å². The summed E-state index contributed by atoms with van der Waals surface area (Å²) in [6.45, 7) is 3.93. The van der Waals surface area contributed by atoms with Gasteiger partial charge in [0.25, 0.3) is 5.91 Å². The van der Waals surface area contributed by atoms with Gasteiger partial charge in [-0.15, -0.1) is 0 Å². The second-order valence-electron chi connectivity index (χ2n) is 6.32. The first-order valence-corrected chi connectivity index (χ1v) is 8.75. The maximum atomic E-state index is 12.3. The summed E-state index contributed by atoms with van der Waals surface area (Å²) < 4.78 is 10.9. The van der Waals surface area contributed by atoms with Gasteiger partial charge in [0.1, 0.15) is 11.5 Å². The molecule has 6 nitrogen and oxygen atoms in total. The first-order chi connectivity index (χ1) is 12.7. The third-order valence-corrected chi connectivity index (χ3v) is 4.44. The second kappa shape index (κ2) is 8.58. The number of carbonyl (C=O) groups excluding carboxylic acids is 1. The standard InChI is InChI=1S/C20H25N3O3/c1-22-10-12-23(13-11-22)16-8-9-19(25-2)18(14-16)21-20(24)15-26-17-6-4-3-5-7-17/h3-9,14H,10-13,15H2,1-2H3,(H,21,24). The zero-order chi connectivity index (χ0) is 18.4. The van der Waals surface area contributed by atoms with Gasteiger partial charge in [0.15, 0.2) is 6.61 Å². The van der Waals surface area contributed by atoms with Gasteiger partial charge in [0.05, 0.1) is 12.8 Å². The molecule has 26 heavy (non-hydrogen) atoms. The summed E-state index contributed by atoms with van der Waals surface area (Å²) in [6, 6.07) is 15.2. The van der Waals surface area contributed by atoms with Crippen molar-refractivity contribution in [2.45, 2.75) is 0 Å². The van der Waals surface area contributed by atoms with Crippen LogP contribution in [-0.4, -0.2) is 57.8 Å². The zero-order valence-electron chi connectivity index (χ0n) is 15.3. The lowest BCUT2D eigenvalue weighted by molar-refractivity contribution is -0.118. The van der Waals surface area contributed by atoms with E-state index in [1.807, 2.05) is 48.5 Å². The van der Waals surface area contributed by atoms with Crippen LogP contribution in [-0.2, 0) is 4.79 Å². The molecule has 3 rings (SSSR count). The molecule has 6 heteroatoms. The van der Waals surface area contributed by atoms with Crippen molar-refractivity contribution in [2.75, 3.05) is 57.2 Å². The minimum absolute atomic E-state index is 0.0497. The minimum Gasteiger partial charge on any atom is -0.495 e. The topological polar surface area (TPSA) is 54.0 Å². The van der Waals surface area contributed by atoms with E-state index in [-0.39, 0.29) is 12.5 Å². The van der Waals surface area contributed by atoms with Crippen LogP contribution in [0, 0.1) is 0 Å². The van der Waals surface area contributed by atoms with Gasteiger partial charge in [-0.25, -0.2) is 0 Å². The Morgan fingerprint density at radius 3 is 2.50 bits per heavy atom. The molecule has 0 unspecified atom stereocenters. The van der Waals surface area contributed by atoms with E-state index in [0.29, 0.717) is 17.2 Å². The number of anilines is 2. The molecule has 0 atom stereocenters. The van der Waals surface area contributed by atoms with Crippen LogP contribution in [0.15, 0.2) is 48.5 Å². The smallest absolute Gasteiger partial charge is 0.262 e. The van der Waals surface area contributed by atoms with Crippen molar-refractivity contribution < 1.29 is 14.3 Å². The van der Waals surface area contributed by atoms with E-state index < -0.39 is 0 Å². The molecule has 2 aromatic carbocycles. The highest BCUT2D eigenvalue weighted by atomic mass is 16.5. The summed E-state index contributed by atoms with van der Waals surface area (Å²) in [5.41, 5.74) is 1.74. The summed E-state index contributed by atoms with van der Waals surface area (Å²) in [5, 5.41) is 2.89. The number of methoxy groups -OCH3 is 1. The predicted octanol–water partition coefficient (Wildman–Crippen LogP) is 2.46. The molecule has 2 aromatic rings. The normalized spacial score (nSPS) is 14.8. The Hall–Kier alpha value is -2.73. The molecule has 0 spiro atoms. The molecule has 0 radical (unpaired) electrons. The maximum Gasteiger partial charge on any atom is 0.262 e. The number of hydrogen-bond acceptors (Lipinski definition) is 5. The Morgan fingerprint density at radius 2 is 1.81 bits per heavy atom. The fourth-order valence-electron chi connectivity index (χ4n) is 2.91. The van der Waals surface area contributed by atoms with Gasteiger partial charge < -0.3 is 24.6 Å². The summed E-state index contributed by atoms with van der Waals surface area (Å²) in [5.74, 6) is 1.08. The lowest BCUT2D eigenvalue weighted by atomic mass is 10.2. The van der Waals surface area contributed by atoms with Crippen LogP contribution in [0.1, 0.15) is 0 Å². The molecule has 1 amide bonds. The second-order valence-corrected chi connectivity index (χ2v) is 6.32. The number of likely N-dealkylation sites (N-methyl/N-ethyl adjacent to an activating group) is 1. The van der Waals surface area contributed by atoms with Crippen LogP contribution in [0.2, 0.25) is 0 Å². The van der Waals surface area contributed by atoms with E-state index >= 15 is 0 Å². The average Bonchev–Trinajstić information content (AvgIpc) is 2.68. The number of amides is 1. The van der Waals surface area contributed by atoms with E-state index in [4.69, 9.17) is 9.47 Å². The molecular weight excluding hydrogens is 330 g/mol. The molecule has 1 heterocycles. The number of piperazine rings is 1. The molecule has 0 saturated carbocycles. The lowest BCUT2D eigenvalue weighted by Crippen LogP contribution is -2.44. The third-order valence-electron chi connectivity index (χ3n) is 4.44. The SMILES string of the molecule is COc1ccc(N2CCN(C)CC2)cc1NC(=O)COc1ccccc1. The summed E-state index contributed by atoms with van der Waals surface area (Å²) in [6.07, 6.45) is 0. The fourth-order valence-corrected chi connectivity index (χ4v) is 2.91. The molecule has 1 aliphatic heterocycles. The fraction of sp³-hybridized carbons (Fsp3) is 0.350. The Morgan fingerprint density at radius 1 is 1.08 bits per heavy atom. The number of para-hydroxylation sites is 1. The molecule has 1 saturated heterocycles. The van der Waals surface area contributed by atoms with Crippen molar-refractivity contribution in [1.29, 1.82) is 0 Å². The van der Waals surface area contributed by atoms with Crippen LogP contribution >= 0.6 is 0 Å². The van der Waals surface area contributed by atoms with Crippen LogP contribution < -0.4 is 19.7 Å². The Kier molecular flexibility index (Phi) is 5.96. The quantitative estimate of drug-likeness (QED) is 0.863. The predicted molar refractivity (Wildman–Crippen MR) is 103 cm³/mol. The van der Waals surface area contributed by atoms with Crippen LogP contribution in [0.25, 0.3) is 0 Å². The van der Waals surface area contributed by atoms with Crippen molar-refractivity contribution in [3.63, 3.8) is 0 Å². The Balaban J connectivity index is 1.65. The molecule has 0 bridgehead atoms. The van der Waals surface area contributed by atoms with E-state index in [1.165, 1.54) is 0 Å². The molecule has 0 aromatic heterocycles. The molecule has 0 aliphatic carbocycles. The Labute approximate surface area is 154 Å². The summed E-state index contributed by atoms with van der Waals surface area (Å²) >= 11 is 0. The highest BCUT2D eigenvalue weighted by molar-refractivity contribution is 5.94. The third kappa shape index (κ3) is 4.67. The van der Waals surface area contributed by atoms with Crippen molar-refractivity contribution >= 4 is 17.3 Å². The van der Waals surface area contributed by atoms with Crippen molar-refractivity contribution in [2.24, 2.45) is 0 Å². The largest absolute Gasteiger partial charge is 0.495 e. The van der Waals surface area contributed by atoms with E-state index in [2.05, 4.69) is 22.2 Å². The number of benzene rings is 2. The first kappa shape index (κ1) is 18.1. The van der Waals surface area contributed by atoms with Gasteiger partial charge in [-0.05, 0) is 37.4 Å². The van der Waals surface area contributed by atoms with Crippen LogP contribution in [0.5, 0.6) is 11.5 Å².